The highest BCUT2D eigenvalue weighted by atomic mass is 32.2. The van der Waals surface area contributed by atoms with E-state index < -0.39 is 0 Å². The van der Waals surface area contributed by atoms with Crippen LogP contribution in [0.25, 0.3) is 0 Å². The van der Waals surface area contributed by atoms with Crippen LogP contribution in [0.2, 0.25) is 0 Å². The molecule has 2 heterocycles. The standard InChI is InChI=1S/C13H21N3OS/c1-17-13-4-3-11(10-15-13)12(9-14)16-5-2-7-18-8-6-16/h3-4,10,12H,2,5-9,14H2,1H3. The third kappa shape index (κ3) is 3.37. The van der Waals surface area contributed by atoms with Gasteiger partial charge >= 0.3 is 0 Å². The zero-order valence-electron chi connectivity index (χ0n) is 10.8. The molecule has 0 radical (unpaired) electrons. The third-order valence-corrected chi connectivity index (χ3v) is 4.32. The molecule has 0 amide bonds. The zero-order chi connectivity index (χ0) is 12.8. The number of nitrogens with two attached hydrogens (primary N) is 1. The Kier molecular flexibility index (Phi) is 5.28. The molecule has 1 aliphatic heterocycles. The maximum Gasteiger partial charge on any atom is 0.212 e. The first kappa shape index (κ1) is 13.6. The fraction of sp³-hybridized carbons (Fsp3) is 0.615. The second-order valence-electron chi connectivity index (χ2n) is 4.39. The fourth-order valence-corrected chi connectivity index (χ4v) is 3.18. The summed E-state index contributed by atoms with van der Waals surface area (Å²) in [7, 11) is 1.63. The summed E-state index contributed by atoms with van der Waals surface area (Å²) in [5.41, 5.74) is 7.14. The Hall–Kier alpha value is -0.780. The van der Waals surface area contributed by atoms with E-state index in [1.54, 1.807) is 7.11 Å². The fourth-order valence-electron chi connectivity index (χ4n) is 2.28. The number of methoxy groups -OCH3 is 1. The van der Waals surface area contributed by atoms with Crippen LogP contribution in [0, 0.1) is 0 Å². The van der Waals surface area contributed by atoms with E-state index in [1.165, 1.54) is 23.5 Å². The summed E-state index contributed by atoms with van der Waals surface area (Å²) < 4.78 is 5.09. The summed E-state index contributed by atoms with van der Waals surface area (Å²) in [4.78, 5) is 6.75. The lowest BCUT2D eigenvalue weighted by Crippen LogP contribution is -2.35. The van der Waals surface area contributed by atoms with Crippen LogP contribution >= 0.6 is 11.8 Å². The van der Waals surface area contributed by atoms with Gasteiger partial charge in [-0.2, -0.15) is 11.8 Å². The van der Waals surface area contributed by atoms with Gasteiger partial charge in [-0.15, -0.1) is 0 Å². The van der Waals surface area contributed by atoms with Gasteiger partial charge in [-0.05, 0) is 24.3 Å². The van der Waals surface area contributed by atoms with Crippen molar-refractivity contribution in [2.24, 2.45) is 5.73 Å². The molecule has 2 N–H and O–H groups in total. The summed E-state index contributed by atoms with van der Waals surface area (Å²) in [6.07, 6.45) is 3.12. The summed E-state index contributed by atoms with van der Waals surface area (Å²) in [6.45, 7) is 2.87. The van der Waals surface area contributed by atoms with Crippen molar-refractivity contribution in [1.29, 1.82) is 0 Å². The molecule has 1 aliphatic rings. The quantitative estimate of drug-likeness (QED) is 0.896. The molecular weight excluding hydrogens is 246 g/mol. The van der Waals surface area contributed by atoms with Crippen LogP contribution in [0.1, 0.15) is 18.0 Å². The molecule has 5 heteroatoms. The molecular formula is C13H21N3OS. The van der Waals surface area contributed by atoms with Crippen LogP contribution in [-0.4, -0.2) is 48.1 Å². The van der Waals surface area contributed by atoms with Crippen LogP contribution in [0.3, 0.4) is 0 Å². The highest BCUT2D eigenvalue weighted by molar-refractivity contribution is 7.99. The second-order valence-corrected chi connectivity index (χ2v) is 5.61. The van der Waals surface area contributed by atoms with Crippen molar-refractivity contribution in [3.8, 4) is 5.88 Å². The molecule has 1 aromatic heterocycles. The summed E-state index contributed by atoms with van der Waals surface area (Å²) in [6, 6.07) is 4.26. The Morgan fingerprint density at radius 2 is 2.33 bits per heavy atom. The topological polar surface area (TPSA) is 51.4 Å². The molecule has 1 unspecified atom stereocenters. The van der Waals surface area contributed by atoms with Gasteiger partial charge in [-0.3, -0.25) is 4.90 Å². The van der Waals surface area contributed by atoms with E-state index in [1.807, 2.05) is 24.0 Å². The average molecular weight is 267 g/mol. The minimum Gasteiger partial charge on any atom is -0.481 e. The Bertz CT molecular complexity index is 350. The van der Waals surface area contributed by atoms with Gasteiger partial charge in [0.2, 0.25) is 5.88 Å². The van der Waals surface area contributed by atoms with E-state index in [0.717, 1.165) is 13.1 Å². The van der Waals surface area contributed by atoms with Crippen LogP contribution in [0.15, 0.2) is 18.3 Å². The van der Waals surface area contributed by atoms with Crippen molar-refractivity contribution >= 4 is 11.8 Å². The van der Waals surface area contributed by atoms with Crippen molar-refractivity contribution in [2.45, 2.75) is 12.5 Å². The molecule has 1 fully saturated rings. The number of aromatic nitrogens is 1. The van der Waals surface area contributed by atoms with Gasteiger partial charge in [-0.25, -0.2) is 4.98 Å². The predicted octanol–water partition coefficient (Wildman–Crippen LogP) is 1.53. The lowest BCUT2D eigenvalue weighted by atomic mass is 10.1. The molecule has 0 spiro atoms. The molecule has 1 atom stereocenters. The number of pyridine rings is 1. The summed E-state index contributed by atoms with van der Waals surface area (Å²) >= 11 is 2.03. The first-order valence-electron chi connectivity index (χ1n) is 6.37. The lowest BCUT2D eigenvalue weighted by Gasteiger charge is -2.29. The molecule has 2 rings (SSSR count). The van der Waals surface area contributed by atoms with Crippen LogP contribution in [0.4, 0.5) is 0 Å². The molecule has 100 valence electrons. The highest BCUT2D eigenvalue weighted by Crippen LogP contribution is 2.23. The van der Waals surface area contributed by atoms with Gasteiger partial charge in [-0.1, -0.05) is 6.07 Å². The highest BCUT2D eigenvalue weighted by Gasteiger charge is 2.20. The van der Waals surface area contributed by atoms with E-state index in [9.17, 15) is 0 Å². The van der Waals surface area contributed by atoms with Crippen molar-refractivity contribution < 1.29 is 4.74 Å². The molecule has 1 saturated heterocycles. The Morgan fingerprint density at radius 1 is 1.44 bits per heavy atom. The van der Waals surface area contributed by atoms with Gasteiger partial charge in [0.15, 0.2) is 0 Å². The van der Waals surface area contributed by atoms with E-state index >= 15 is 0 Å². The van der Waals surface area contributed by atoms with E-state index in [0.29, 0.717) is 12.4 Å². The van der Waals surface area contributed by atoms with Crippen LogP contribution in [-0.2, 0) is 0 Å². The van der Waals surface area contributed by atoms with Crippen LogP contribution in [0.5, 0.6) is 5.88 Å². The average Bonchev–Trinajstić information content (AvgIpc) is 2.70. The van der Waals surface area contributed by atoms with Gasteiger partial charge in [0.1, 0.15) is 0 Å². The summed E-state index contributed by atoms with van der Waals surface area (Å²) in [5.74, 6) is 3.11. The van der Waals surface area contributed by atoms with Gasteiger partial charge in [0, 0.05) is 37.1 Å². The monoisotopic (exact) mass is 267 g/mol. The molecule has 0 saturated carbocycles. The van der Waals surface area contributed by atoms with E-state index in [-0.39, 0.29) is 6.04 Å². The molecule has 0 bridgehead atoms. The Labute approximate surface area is 113 Å². The zero-order valence-corrected chi connectivity index (χ0v) is 11.7. The van der Waals surface area contributed by atoms with Crippen LogP contribution < -0.4 is 10.5 Å². The van der Waals surface area contributed by atoms with E-state index in [4.69, 9.17) is 10.5 Å². The lowest BCUT2D eigenvalue weighted by molar-refractivity contribution is 0.217. The molecule has 4 nitrogen and oxygen atoms in total. The van der Waals surface area contributed by atoms with E-state index in [2.05, 4.69) is 16.0 Å². The number of hydrogen-bond acceptors (Lipinski definition) is 5. The second kappa shape index (κ2) is 6.97. The Balaban J connectivity index is 2.10. The smallest absolute Gasteiger partial charge is 0.212 e. The Morgan fingerprint density at radius 3 is 3.00 bits per heavy atom. The SMILES string of the molecule is COc1ccc(C(CN)N2CCCSCC2)cn1. The summed E-state index contributed by atoms with van der Waals surface area (Å²) in [5, 5.41) is 0. The van der Waals surface area contributed by atoms with Crippen molar-refractivity contribution in [1.82, 2.24) is 9.88 Å². The minimum atomic E-state index is 0.280. The largest absolute Gasteiger partial charge is 0.481 e. The molecule has 0 aromatic carbocycles. The molecule has 0 aliphatic carbocycles. The third-order valence-electron chi connectivity index (χ3n) is 3.27. The maximum absolute atomic E-state index is 5.95. The van der Waals surface area contributed by atoms with Crippen molar-refractivity contribution in [2.75, 3.05) is 38.2 Å². The van der Waals surface area contributed by atoms with Gasteiger partial charge in [0.05, 0.1) is 7.11 Å². The van der Waals surface area contributed by atoms with Gasteiger partial charge in [0.25, 0.3) is 0 Å². The minimum absolute atomic E-state index is 0.280. The predicted molar refractivity (Wildman–Crippen MR) is 76.1 cm³/mol. The van der Waals surface area contributed by atoms with Crippen molar-refractivity contribution in [3.63, 3.8) is 0 Å². The first-order chi connectivity index (χ1) is 8.85. The number of thioether (sulfide) groups is 1. The molecule has 1 aromatic rings. The number of ether oxygens (including phenoxy) is 1. The number of nitrogens with zero attached hydrogens (tertiary/aromatic N) is 2. The van der Waals surface area contributed by atoms with Crippen molar-refractivity contribution in [3.05, 3.63) is 23.9 Å². The number of rotatable bonds is 4. The maximum atomic E-state index is 5.95. The molecule has 18 heavy (non-hydrogen) atoms. The normalized spacial score (nSPS) is 19.2. The first-order valence-corrected chi connectivity index (χ1v) is 7.52. The number of hydrogen-bond donors (Lipinski definition) is 1. The van der Waals surface area contributed by atoms with Gasteiger partial charge < -0.3 is 10.5 Å².